The van der Waals surface area contributed by atoms with E-state index < -0.39 is 0 Å². The molecule has 3 heterocycles. The number of fused-ring (bicyclic) bond motifs is 1. The lowest BCUT2D eigenvalue weighted by molar-refractivity contribution is -0.119. The normalized spacial score (nSPS) is 15.9. The molecule has 1 saturated heterocycles. The lowest BCUT2D eigenvalue weighted by Gasteiger charge is -2.34. The van der Waals surface area contributed by atoms with Crippen molar-refractivity contribution in [3.05, 3.63) is 64.6 Å². The van der Waals surface area contributed by atoms with Crippen molar-refractivity contribution < 1.29 is 14.3 Å². The summed E-state index contributed by atoms with van der Waals surface area (Å²) in [5, 5.41) is 5.82. The molecule has 1 fully saturated rings. The number of rotatable bonds is 6. The van der Waals surface area contributed by atoms with Gasteiger partial charge in [-0.25, -0.2) is 9.97 Å². The smallest absolute Gasteiger partial charge is 0.254 e. The second-order valence-corrected chi connectivity index (χ2v) is 9.54. The van der Waals surface area contributed by atoms with Gasteiger partial charge in [0.05, 0.1) is 22.8 Å². The largest absolute Gasteiger partial charge is 0.375 e. The van der Waals surface area contributed by atoms with Gasteiger partial charge in [-0.05, 0) is 31.4 Å². The Morgan fingerprint density at radius 3 is 2.77 bits per heavy atom. The molecule has 0 aliphatic carbocycles. The van der Waals surface area contributed by atoms with Crippen LogP contribution in [0.25, 0.3) is 22.4 Å². The Kier molecular flexibility index (Phi) is 6.61. The molecule has 0 radical (unpaired) electrons. The molecule has 35 heavy (non-hydrogen) atoms. The van der Waals surface area contributed by atoms with Crippen molar-refractivity contribution in [3.8, 4) is 11.4 Å². The number of anilines is 1. The van der Waals surface area contributed by atoms with Crippen molar-refractivity contribution in [1.29, 1.82) is 0 Å². The highest BCUT2D eigenvalue weighted by molar-refractivity contribution is 7.09. The molecule has 2 amide bonds. The van der Waals surface area contributed by atoms with Gasteiger partial charge in [-0.2, -0.15) is 0 Å². The van der Waals surface area contributed by atoms with Crippen LogP contribution in [0.5, 0.6) is 0 Å². The fraction of sp³-hybridized carbons (Fsp3) is 0.308. The number of aryl methyl sites for hydroxylation is 1. The number of piperidine rings is 1. The quantitative estimate of drug-likeness (QED) is 0.426. The van der Waals surface area contributed by atoms with Crippen LogP contribution in [0.2, 0.25) is 0 Å². The zero-order chi connectivity index (χ0) is 24.4. The van der Waals surface area contributed by atoms with Crippen molar-refractivity contribution in [1.82, 2.24) is 19.4 Å². The highest BCUT2D eigenvalue weighted by Crippen LogP contribution is 2.35. The molecule has 0 bridgehead atoms. The average molecular weight is 490 g/mol. The first-order valence-corrected chi connectivity index (χ1v) is 12.5. The number of imidazole rings is 1. The molecule has 1 aliphatic rings. The van der Waals surface area contributed by atoms with Crippen LogP contribution in [0.15, 0.2) is 54.0 Å². The molecular weight excluding hydrogens is 462 g/mol. The second-order valence-electron chi connectivity index (χ2n) is 8.61. The third-order valence-electron chi connectivity index (χ3n) is 6.30. The number of amides is 2. The molecule has 5 rings (SSSR count). The van der Waals surface area contributed by atoms with Gasteiger partial charge in [0.2, 0.25) is 5.91 Å². The molecule has 1 aliphatic heterocycles. The number of ether oxygens (including phenoxy) is 1. The van der Waals surface area contributed by atoms with Gasteiger partial charge in [0.15, 0.2) is 0 Å². The Bertz CT molecular complexity index is 1350. The Morgan fingerprint density at radius 2 is 2.03 bits per heavy atom. The third kappa shape index (κ3) is 4.56. The molecule has 4 aromatic rings. The topological polar surface area (TPSA) is 89.3 Å². The van der Waals surface area contributed by atoms with E-state index in [-0.39, 0.29) is 24.5 Å². The number of hydrogen-bond donors (Lipinski definition) is 1. The van der Waals surface area contributed by atoms with Crippen molar-refractivity contribution in [2.24, 2.45) is 7.05 Å². The fourth-order valence-electron chi connectivity index (χ4n) is 4.73. The average Bonchev–Trinajstić information content (AvgIpc) is 3.53. The van der Waals surface area contributed by atoms with E-state index in [0.717, 1.165) is 41.2 Å². The summed E-state index contributed by atoms with van der Waals surface area (Å²) in [5.41, 5.74) is 3.38. The van der Waals surface area contributed by atoms with Crippen LogP contribution in [0.3, 0.4) is 0 Å². The van der Waals surface area contributed by atoms with Crippen LogP contribution in [0.4, 0.5) is 5.69 Å². The third-order valence-corrected chi connectivity index (χ3v) is 7.17. The maximum atomic E-state index is 13.8. The van der Waals surface area contributed by atoms with Crippen molar-refractivity contribution in [2.45, 2.75) is 25.3 Å². The van der Waals surface area contributed by atoms with Crippen LogP contribution in [-0.2, 0) is 16.6 Å². The molecule has 8 nitrogen and oxygen atoms in total. The number of hydrogen-bond acceptors (Lipinski definition) is 6. The summed E-state index contributed by atoms with van der Waals surface area (Å²) in [6.45, 7) is 0.589. The van der Waals surface area contributed by atoms with Gasteiger partial charge in [0, 0.05) is 43.4 Å². The summed E-state index contributed by atoms with van der Waals surface area (Å²) in [4.78, 5) is 37.5. The number of likely N-dealkylation sites (tertiary alicyclic amines) is 1. The maximum absolute atomic E-state index is 13.8. The predicted octanol–water partition coefficient (Wildman–Crippen LogP) is 4.65. The lowest BCUT2D eigenvalue weighted by Crippen LogP contribution is -2.38. The SMILES string of the molecule is COCC(=O)Nc1cc(C(=O)N2CCCCC2c2nccs2)cc2nc(-c3ccccc3)n(C)c12. The van der Waals surface area contributed by atoms with E-state index in [1.54, 1.807) is 23.6 Å². The minimum atomic E-state index is -0.292. The highest BCUT2D eigenvalue weighted by atomic mass is 32.1. The fourth-order valence-corrected chi connectivity index (χ4v) is 5.51. The van der Waals surface area contributed by atoms with Crippen molar-refractivity contribution in [3.63, 3.8) is 0 Å². The molecule has 1 unspecified atom stereocenters. The number of aromatic nitrogens is 3. The number of nitrogens with one attached hydrogen (secondary N) is 1. The van der Waals surface area contributed by atoms with E-state index in [0.29, 0.717) is 23.3 Å². The summed E-state index contributed by atoms with van der Waals surface area (Å²) in [7, 11) is 3.38. The van der Waals surface area contributed by atoms with Crippen LogP contribution >= 0.6 is 11.3 Å². The molecule has 1 atom stereocenters. The van der Waals surface area contributed by atoms with Crippen molar-refractivity contribution >= 4 is 39.9 Å². The second kappa shape index (κ2) is 9.97. The van der Waals surface area contributed by atoms with E-state index in [1.165, 1.54) is 7.11 Å². The number of carbonyl (C=O) groups is 2. The molecular formula is C26H27N5O3S. The highest BCUT2D eigenvalue weighted by Gasteiger charge is 2.31. The van der Waals surface area contributed by atoms with E-state index in [1.807, 2.05) is 58.3 Å². The van der Waals surface area contributed by atoms with Gasteiger partial charge in [0.25, 0.3) is 5.91 Å². The predicted molar refractivity (Wildman–Crippen MR) is 136 cm³/mol. The molecule has 2 aromatic carbocycles. The number of benzene rings is 2. The summed E-state index contributed by atoms with van der Waals surface area (Å²) in [6.07, 6.45) is 4.69. The van der Waals surface area contributed by atoms with E-state index >= 15 is 0 Å². The van der Waals surface area contributed by atoms with E-state index in [9.17, 15) is 9.59 Å². The van der Waals surface area contributed by atoms with Crippen LogP contribution in [0, 0.1) is 0 Å². The Morgan fingerprint density at radius 1 is 1.20 bits per heavy atom. The standard InChI is InChI=1S/C26H27N5O3S/c1-30-23-19(28-22(32)16-34-2)14-18(15-20(23)29-24(30)17-8-4-3-5-9-17)26(33)31-12-7-6-10-21(31)25-27-11-13-35-25/h3-5,8-9,11,13-15,21H,6-7,10,12,16H2,1-2H3,(H,28,32). The van der Waals surface area contributed by atoms with Crippen LogP contribution in [-0.4, -0.2) is 51.5 Å². The first kappa shape index (κ1) is 23.2. The zero-order valence-corrected chi connectivity index (χ0v) is 20.5. The van der Waals surface area contributed by atoms with Gasteiger partial charge < -0.3 is 19.5 Å². The number of carbonyl (C=O) groups excluding carboxylic acids is 2. The summed E-state index contributed by atoms with van der Waals surface area (Å²) >= 11 is 1.58. The van der Waals surface area contributed by atoms with Crippen LogP contribution < -0.4 is 5.32 Å². The Balaban J connectivity index is 1.60. The lowest BCUT2D eigenvalue weighted by atomic mass is 10.0. The monoisotopic (exact) mass is 489 g/mol. The Labute approximate surface area is 207 Å². The molecule has 2 aromatic heterocycles. The first-order valence-electron chi connectivity index (χ1n) is 11.6. The van der Waals surface area contributed by atoms with Gasteiger partial charge in [0.1, 0.15) is 17.4 Å². The number of thiazole rings is 1. The van der Waals surface area contributed by atoms with Gasteiger partial charge >= 0.3 is 0 Å². The molecule has 180 valence electrons. The number of methoxy groups -OCH3 is 1. The summed E-state index contributed by atoms with van der Waals surface area (Å²) < 4.78 is 6.95. The molecule has 0 saturated carbocycles. The maximum Gasteiger partial charge on any atom is 0.254 e. The van der Waals surface area contributed by atoms with E-state index in [2.05, 4.69) is 10.3 Å². The van der Waals surface area contributed by atoms with Gasteiger partial charge in [-0.15, -0.1) is 11.3 Å². The minimum Gasteiger partial charge on any atom is -0.375 e. The van der Waals surface area contributed by atoms with Crippen LogP contribution in [0.1, 0.15) is 40.7 Å². The minimum absolute atomic E-state index is 0.0397. The first-order chi connectivity index (χ1) is 17.1. The molecule has 0 spiro atoms. The zero-order valence-electron chi connectivity index (χ0n) is 19.7. The van der Waals surface area contributed by atoms with E-state index in [4.69, 9.17) is 9.72 Å². The van der Waals surface area contributed by atoms with Crippen molar-refractivity contribution in [2.75, 3.05) is 25.6 Å². The summed E-state index contributed by atoms with van der Waals surface area (Å²) in [5.74, 6) is 0.381. The molecule has 1 N–H and O–H groups in total. The summed E-state index contributed by atoms with van der Waals surface area (Å²) in [6, 6.07) is 13.4. The van der Waals surface area contributed by atoms with Gasteiger partial charge in [-0.1, -0.05) is 30.3 Å². The molecule has 9 heteroatoms. The number of nitrogens with zero attached hydrogens (tertiary/aromatic N) is 4. The Hall–Kier alpha value is -3.56. The van der Waals surface area contributed by atoms with Gasteiger partial charge in [-0.3, -0.25) is 9.59 Å².